The highest BCUT2D eigenvalue weighted by atomic mass is 19.2. The lowest BCUT2D eigenvalue weighted by Gasteiger charge is -2.09. The lowest BCUT2D eigenvalue weighted by Crippen LogP contribution is -2.09. The first-order chi connectivity index (χ1) is 9.04. The van der Waals surface area contributed by atoms with Crippen molar-refractivity contribution in [1.29, 1.82) is 0 Å². The number of anilines is 1. The van der Waals surface area contributed by atoms with E-state index in [-0.39, 0.29) is 22.6 Å². The first kappa shape index (κ1) is 12.9. The van der Waals surface area contributed by atoms with Gasteiger partial charge in [0, 0.05) is 11.1 Å². The fraction of sp³-hybridized carbons (Fsp3) is 0.0769. The summed E-state index contributed by atoms with van der Waals surface area (Å²) < 4.78 is 31.5. The Balaban J connectivity index is 2.68. The summed E-state index contributed by atoms with van der Waals surface area (Å²) in [7, 11) is 1.17. The van der Waals surface area contributed by atoms with Crippen molar-refractivity contribution in [3.63, 3.8) is 0 Å². The summed E-state index contributed by atoms with van der Waals surface area (Å²) in [5.74, 6) is -2.75. The summed E-state index contributed by atoms with van der Waals surface area (Å²) in [6, 6.07) is 6.46. The molecule has 98 valence electrons. The Morgan fingerprint density at radius 1 is 1.21 bits per heavy atom. The maximum Gasteiger partial charge on any atom is 0.357 e. The molecular weight excluding hydrogens is 254 g/mol. The van der Waals surface area contributed by atoms with Gasteiger partial charge in [-0.2, -0.15) is 0 Å². The van der Waals surface area contributed by atoms with E-state index in [1.54, 1.807) is 0 Å². The Labute approximate surface area is 107 Å². The van der Waals surface area contributed by atoms with Gasteiger partial charge in [-0.1, -0.05) is 12.1 Å². The van der Waals surface area contributed by atoms with E-state index in [0.717, 1.165) is 6.07 Å². The van der Waals surface area contributed by atoms with Crippen molar-refractivity contribution in [2.75, 3.05) is 12.8 Å². The molecule has 0 bridgehead atoms. The van der Waals surface area contributed by atoms with Gasteiger partial charge in [0.1, 0.15) is 5.82 Å². The maximum atomic E-state index is 13.7. The van der Waals surface area contributed by atoms with Gasteiger partial charge < -0.3 is 10.5 Å². The molecule has 0 aliphatic rings. The fourth-order valence-electron chi connectivity index (χ4n) is 1.66. The second-order valence-electron chi connectivity index (χ2n) is 3.73. The molecule has 6 heteroatoms. The molecule has 2 rings (SSSR count). The highest BCUT2D eigenvalue weighted by Crippen LogP contribution is 2.27. The predicted octanol–water partition coefficient (Wildman–Crippen LogP) is 2.40. The number of hydrogen-bond donors (Lipinski definition) is 1. The molecule has 0 saturated heterocycles. The third-order valence-corrected chi connectivity index (χ3v) is 2.54. The van der Waals surface area contributed by atoms with Gasteiger partial charge in [-0.25, -0.2) is 18.6 Å². The van der Waals surface area contributed by atoms with Crippen LogP contribution < -0.4 is 5.73 Å². The Morgan fingerprint density at radius 3 is 2.63 bits per heavy atom. The minimum Gasteiger partial charge on any atom is -0.464 e. The molecule has 19 heavy (non-hydrogen) atoms. The number of esters is 1. The molecule has 0 fully saturated rings. The standard InChI is InChI=1S/C13H10F2N2O2/c1-19-13(18)12-8(5-6-10(16)17-12)7-3-2-4-9(14)11(7)15/h2-6H,1H3,(H2,16,17). The number of nitrogens with zero attached hydrogens (tertiary/aromatic N) is 1. The lowest BCUT2D eigenvalue weighted by molar-refractivity contribution is 0.0595. The van der Waals surface area contributed by atoms with Crippen LogP contribution in [0.25, 0.3) is 11.1 Å². The van der Waals surface area contributed by atoms with Crippen LogP contribution in [0.5, 0.6) is 0 Å². The number of aromatic nitrogens is 1. The van der Waals surface area contributed by atoms with Crippen LogP contribution in [0.3, 0.4) is 0 Å². The molecule has 0 aliphatic heterocycles. The molecule has 0 spiro atoms. The van der Waals surface area contributed by atoms with Crippen LogP contribution in [0.2, 0.25) is 0 Å². The van der Waals surface area contributed by atoms with Crippen molar-refractivity contribution in [2.24, 2.45) is 0 Å². The van der Waals surface area contributed by atoms with Crippen molar-refractivity contribution in [3.8, 4) is 11.1 Å². The average molecular weight is 264 g/mol. The smallest absolute Gasteiger partial charge is 0.357 e. The van der Waals surface area contributed by atoms with Gasteiger partial charge in [0.2, 0.25) is 0 Å². The van der Waals surface area contributed by atoms with Gasteiger partial charge in [0.05, 0.1) is 7.11 Å². The Morgan fingerprint density at radius 2 is 1.95 bits per heavy atom. The zero-order chi connectivity index (χ0) is 14.0. The Kier molecular flexibility index (Phi) is 3.41. The maximum absolute atomic E-state index is 13.7. The molecule has 2 N–H and O–H groups in total. The molecular formula is C13H10F2N2O2. The van der Waals surface area contributed by atoms with Crippen molar-refractivity contribution in [3.05, 3.63) is 47.7 Å². The van der Waals surface area contributed by atoms with E-state index in [2.05, 4.69) is 9.72 Å². The second-order valence-corrected chi connectivity index (χ2v) is 3.73. The number of halogens is 2. The molecule has 0 radical (unpaired) electrons. The molecule has 0 amide bonds. The lowest BCUT2D eigenvalue weighted by atomic mass is 10.0. The SMILES string of the molecule is COC(=O)c1nc(N)ccc1-c1cccc(F)c1F. The van der Waals surface area contributed by atoms with E-state index in [1.165, 1.54) is 31.4 Å². The number of pyridine rings is 1. The molecule has 1 heterocycles. The van der Waals surface area contributed by atoms with Crippen LogP contribution in [0.1, 0.15) is 10.5 Å². The number of carbonyl (C=O) groups excluding carboxylic acids is 1. The highest BCUT2D eigenvalue weighted by Gasteiger charge is 2.19. The van der Waals surface area contributed by atoms with E-state index in [4.69, 9.17) is 5.73 Å². The molecule has 0 atom stereocenters. The Hall–Kier alpha value is -2.50. The number of benzene rings is 1. The quantitative estimate of drug-likeness (QED) is 0.846. The number of nitrogen functional groups attached to an aromatic ring is 1. The number of carbonyl (C=O) groups is 1. The van der Waals surface area contributed by atoms with Crippen LogP contribution in [-0.2, 0) is 4.74 Å². The fourth-order valence-corrected chi connectivity index (χ4v) is 1.66. The number of hydrogen-bond acceptors (Lipinski definition) is 4. The van der Waals surface area contributed by atoms with Crippen molar-refractivity contribution in [1.82, 2.24) is 4.98 Å². The number of ether oxygens (including phenoxy) is 1. The average Bonchev–Trinajstić information content (AvgIpc) is 2.41. The number of rotatable bonds is 2. The first-order valence-electron chi connectivity index (χ1n) is 5.34. The summed E-state index contributed by atoms with van der Waals surface area (Å²) >= 11 is 0. The summed E-state index contributed by atoms with van der Waals surface area (Å²) in [4.78, 5) is 15.4. The van der Waals surface area contributed by atoms with Gasteiger partial charge in [-0.3, -0.25) is 0 Å². The van der Waals surface area contributed by atoms with Crippen LogP contribution >= 0.6 is 0 Å². The molecule has 1 aromatic heterocycles. The number of nitrogens with two attached hydrogens (primary N) is 1. The van der Waals surface area contributed by atoms with Crippen LogP contribution in [0.4, 0.5) is 14.6 Å². The molecule has 0 unspecified atom stereocenters. The largest absolute Gasteiger partial charge is 0.464 e. The molecule has 4 nitrogen and oxygen atoms in total. The molecule has 2 aromatic rings. The third-order valence-electron chi connectivity index (χ3n) is 2.54. The van der Waals surface area contributed by atoms with Crippen LogP contribution in [0.15, 0.2) is 30.3 Å². The van der Waals surface area contributed by atoms with E-state index in [9.17, 15) is 13.6 Å². The van der Waals surface area contributed by atoms with Crippen molar-refractivity contribution < 1.29 is 18.3 Å². The van der Waals surface area contributed by atoms with E-state index in [0.29, 0.717) is 0 Å². The highest BCUT2D eigenvalue weighted by molar-refractivity contribution is 5.95. The van der Waals surface area contributed by atoms with Gasteiger partial charge in [-0.15, -0.1) is 0 Å². The zero-order valence-electron chi connectivity index (χ0n) is 9.98. The minimum absolute atomic E-state index is 0.0760. The zero-order valence-corrected chi connectivity index (χ0v) is 9.98. The summed E-state index contributed by atoms with van der Waals surface area (Å²) in [5.41, 5.74) is 5.37. The molecule has 1 aromatic carbocycles. The Bertz CT molecular complexity index is 645. The normalized spacial score (nSPS) is 10.3. The van der Waals surface area contributed by atoms with Crippen molar-refractivity contribution >= 4 is 11.8 Å². The molecule has 0 saturated carbocycles. The summed E-state index contributed by atoms with van der Waals surface area (Å²) in [5, 5.41) is 0. The predicted molar refractivity (Wildman–Crippen MR) is 65.3 cm³/mol. The first-order valence-corrected chi connectivity index (χ1v) is 5.34. The monoisotopic (exact) mass is 264 g/mol. The van der Waals surface area contributed by atoms with E-state index in [1.807, 2.05) is 0 Å². The molecule has 0 aliphatic carbocycles. The topological polar surface area (TPSA) is 65.2 Å². The van der Waals surface area contributed by atoms with Crippen molar-refractivity contribution in [2.45, 2.75) is 0 Å². The summed E-state index contributed by atoms with van der Waals surface area (Å²) in [6.45, 7) is 0. The van der Waals surface area contributed by atoms with Crippen LogP contribution in [0, 0.1) is 11.6 Å². The minimum atomic E-state index is -1.06. The van der Waals surface area contributed by atoms with Gasteiger partial charge in [0.15, 0.2) is 17.3 Å². The van der Waals surface area contributed by atoms with E-state index >= 15 is 0 Å². The van der Waals surface area contributed by atoms with Gasteiger partial charge in [-0.05, 0) is 18.2 Å². The summed E-state index contributed by atoms with van der Waals surface area (Å²) in [6.07, 6.45) is 0. The second kappa shape index (κ2) is 5.01. The van der Waals surface area contributed by atoms with Gasteiger partial charge in [0.25, 0.3) is 0 Å². The van der Waals surface area contributed by atoms with Gasteiger partial charge >= 0.3 is 5.97 Å². The third kappa shape index (κ3) is 2.37. The van der Waals surface area contributed by atoms with Crippen LogP contribution in [-0.4, -0.2) is 18.1 Å². The van der Waals surface area contributed by atoms with E-state index < -0.39 is 17.6 Å². The number of methoxy groups -OCH3 is 1.